The van der Waals surface area contributed by atoms with Crippen LogP contribution in [0.1, 0.15) is 419 Å². The molecule has 0 aromatic carbocycles. The van der Waals surface area contributed by atoms with E-state index in [2.05, 4.69) is 45.1 Å². The molecule has 0 bridgehead atoms. The van der Waals surface area contributed by atoms with Crippen molar-refractivity contribution in [2.45, 2.75) is 425 Å². The van der Waals surface area contributed by atoms with Crippen molar-refractivity contribution in [3.8, 4) is 0 Å². The Morgan fingerprint density at radius 1 is 0.235 bits per heavy atom. The smallest absolute Gasteiger partial charge is 0.306 e. The maximum atomic E-state index is 12.9. The van der Waals surface area contributed by atoms with Gasteiger partial charge in [0.15, 0.2) is 6.10 Å². The molecule has 81 heavy (non-hydrogen) atoms. The monoisotopic (exact) mass is 1140 g/mol. The van der Waals surface area contributed by atoms with E-state index >= 15 is 0 Å². The second-order valence-corrected chi connectivity index (χ2v) is 25.2. The maximum Gasteiger partial charge on any atom is 0.306 e. The molecule has 0 N–H and O–H groups in total. The van der Waals surface area contributed by atoms with Gasteiger partial charge in [-0.05, 0) is 70.6 Å². The van der Waals surface area contributed by atoms with Gasteiger partial charge in [0.2, 0.25) is 0 Å². The normalized spacial score (nSPS) is 12.1. The topological polar surface area (TPSA) is 78.9 Å². The molecule has 1 atom stereocenters. The van der Waals surface area contributed by atoms with Gasteiger partial charge in [-0.15, -0.1) is 0 Å². The predicted octanol–water partition coefficient (Wildman–Crippen LogP) is 25.3. The summed E-state index contributed by atoms with van der Waals surface area (Å²) in [5.41, 5.74) is 0. The SMILES string of the molecule is CCCCCCCCCC/C=C\CCCCCCCCCCCCCCCCCCCC(=O)OCC(COC(=O)CCCCCCC)OC(=O)CCCCCCCCCCCCCCCCCCC/C=C\CCCCCCCCCC. The van der Waals surface area contributed by atoms with Crippen LogP contribution in [0.25, 0.3) is 0 Å². The summed E-state index contributed by atoms with van der Waals surface area (Å²) < 4.78 is 16.8. The van der Waals surface area contributed by atoms with E-state index < -0.39 is 6.10 Å². The Morgan fingerprint density at radius 2 is 0.407 bits per heavy atom. The second-order valence-electron chi connectivity index (χ2n) is 25.2. The quantitative estimate of drug-likeness (QED) is 0.0261. The lowest BCUT2D eigenvalue weighted by Crippen LogP contribution is -2.30. The standard InChI is InChI=1S/C75H142O6/c1-4-7-10-13-15-17-19-21-23-25-27-29-31-33-35-37-39-41-43-45-47-49-51-53-55-57-59-62-65-68-74(77)80-71-72(70-79-73(76)67-64-61-12-9-6-3)81-75(78)69-66-63-60-58-56-54-52-50-48-46-44-42-40-38-36-34-32-30-28-26-24-22-20-18-16-14-11-8-5-2/h25-28,72H,4-24,29-71H2,1-3H3/b27-25-,28-26-. The van der Waals surface area contributed by atoms with Crippen molar-refractivity contribution in [2.75, 3.05) is 13.2 Å². The molecule has 0 saturated heterocycles. The average Bonchev–Trinajstić information content (AvgIpc) is 3.47. The molecule has 0 aliphatic rings. The average molecular weight is 1140 g/mol. The minimum absolute atomic E-state index is 0.0655. The molecule has 0 aromatic heterocycles. The zero-order valence-corrected chi connectivity index (χ0v) is 55.1. The second kappa shape index (κ2) is 70.4. The third-order valence-electron chi connectivity index (χ3n) is 16.9. The fraction of sp³-hybridized carbons (Fsp3) is 0.907. The van der Waals surface area contributed by atoms with Crippen LogP contribution in [0.3, 0.4) is 0 Å². The molecule has 0 aliphatic heterocycles. The Kier molecular flexibility index (Phi) is 68.5. The lowest BCUT2D eigenvalue weighted by Gasteiger charge is -2.18. The minimum atomic E-state index is -0.765. The van der Waals surface area contributed by atoms with E-state index in [0.29, 0.717) is 19.3 Å². The zero-order chi connectivity index (χ0) is 58.5. The minimum Gasteiger partial charge on any atom is -0.462 e. The number of hydrogen-bond donors (Lipinski definition) is 0. The molecule has 0 fully saturated rings. The number of rotatable bonds is 69. The lowest BCUT2D eigenvalue weighted by molar-refractivity contribution is -0.167. The Bertz CT molecular complexity index is 1310. The van der Waals surface area contributed by atoms with Gasteiger partial charge in [0.05, 0.1) is 0 Å². The number of carbonyl (C=O) groups is 3. The van der Waals surface area contributed by atoms with E-state index in [1.807, 2.05) is 0 Å². The van der Waals surface area contributed by atoms with Crippen molar-refractivity contribution < 1.29 is 28.6 Å². The highest BCUT2D eigenvalue weighted by Crippen LogP contribution is 2.19. The Labute approximate surface area is 506 Å². The highest BCUT2D eigenvalue weighted by molar-refractivity contribution is 5.71. The van der Waals surface area contributed by atoms with E-state index in [1.165, 1.54) is 315 Å². The Hall–Kier alpha value is -2.11. The molecule has 0 rings (SSSR count). The molecule has 0 radical (unpaired) electrons. The summed E-state index contributed by atoms with van der Waals surface area (Å²) in [7, 11) is 0. The number of unbranched alkanes of at least 4 members (excludes halogenated alkanes) is 54. The lowest BCUT2D eigenvalue weighted by atomic mass is 10.0. The summed E-state index contributed by atoms with van der Waals surface area (Å²) in [6.45, 7) is 6.63. The Morgan fingerprint density at radius 3 is 0.617 bits per heavy atom. The highest BCUT2D eigenvalue weighted by atomic mass is 16.6. The third-order valence-corrected chi connectivity index (χ3v) is 16.9. The molecule has 6 heteroatoms. The van der Waals surface area contributed by atoms with Crippen LogP contribution in [-0.4, -0.2) is 37.2 Å². The summed E-state index contributed by atoms with van der Waals surface area (Å²) >= 11 is 0. The zero-order valence-electron chi connectivity index (χ0n) is 55.1. The number of carbonyl (C=O) groups excluding carboxylic acids is 3. The van der Waals surface area contributed by atoms with Crippen molar-refractivity contribution in [2.24, 2.45) is 0 Å². The molecule has 0 amide bonds. The van der Waals surface area contributed by atoms with Crippen LogP contribution in [0.2, 0.25) is 0 Å². The van der Waals surface area contributed by atoms with Gasteiger partial charge in [-0.1, -0.05) is 353 Å². The molecule has 0 heterocycles. The molecule has 0 aliphatic carbocycles. The van der Waals surface area contributed by atoms with Gasteiger partial charge >= 0.3 is 17.9 Å². The van der Waals surface area contributed by atoms with Crippen molar-refractivity contribution >= 4 is 17.9 Å². The summed E-state index contributed by atoms with van der Waals surface area (Å²) in [6.07, 6.45) is 87.2. The van der Waals surface area contributed by atoms with E-state index in [1.54, 1.807) is 0 Å². The summed E-state index contributed by atoms with van der Waals surface area (Å²) in [6, 6.07) is 0. The molecule has 1 unspecified atom stereocenters. The first kappa shape index (κ1) is 78.9. The molecule has 0 spiro atoms. The third kappa shape index (κ3) is 68.6. The predicted molar refractivity (Wildman–Crippen MR) is 353 cm³/mol. The number of ether oxygens (including phenoxy) is 3. The first-order valence-electron chi connectivity index (χ1n) is 36.8. The molecule has 6 nitrogen and oxygen atoms in total. The van der Waals surface area contributed by atoms with Crippen LogP contribution >= 0.6 is 0 Å². The van der Waals surface area contributed by atoms with Crippen LogP contribution in [0.4, 0.5) is 0 Å². The fourth-order valence-corrected chi connectivity index (χ4v) is 11.4. The summed E-state index contributed by atoms with van der Waals surface area (Å²) in [5, 5.41) is 0. The van der Waals surface area contributed by atoms with Crippen molar-refractivity contribution in [1.82, 2.24) is 0 Å². The van der Waals surface area contributed by atoms with E-state index in [4.69, 9.17) is 14.2 Å². The largest absolute Gasteiger partial charge is 0.462 e. The van der Waals surface area contributed by atoms with Crippen molar-refractivity contribution in [3.63, 3.8) is 0 Å². The van der Waals surface area contributed by atoms with Gasteiger partial charge in [0.25, 0.3) is 0 Å². The number of hydrogen-bond acceptors (Lipinski definition) is 6. The van der Waals surface area contributed by atoms with Crippen LogP contribution in [0.15, 0.2) is 24.3 Å². The van der Waals surface area contributed by atoms with Crippen molar-refractivity contribution in [1.29, 1.82) is 0 Å². The molecule has 0 aromatic rings. The Balaban J connectivity index is 3.90. The van der Waals surface area contributed by atoms with Gasteiger partial charge in [-0.2, -0.15) is 0 Å². The number of allylic oxidation sites excluding steroid dienone is 4. The molecule has 478 valence electrons. The van der Waals surface area contributed by atoms with Crippen LogP contribution in [-0.2, 0) is 28.6 Å². The van der Waals surface area contributed by atoms with Crippen molar-refractivity contribution in [3.05, 3.63) is 24.3 Å². The van der Waals surface area contributed by atoms with Gasteiger partial charge in [0, 0.05) is 19.3 Å². The molecular weight excluding hydrogens is 997 g/mol. The number of esters is 3. The maximum absolute atomic E-state index is 12.9. The van der Waals surface area contributed by atoms with Gasteiger partial charge in [-0.3, -0.25) is 14.4 Å². The first-order chi connectivity index (χ1) is 40.0. The van der Waals surface area contributed by atoms with Crippen LogP contribution in [0, 0.1) is 0 Å². The van der Waals surface area contributed by atoms with E-state index in [9.17, 15) is 14.4 Å². The van der Waals surface area contributed by atoms with Gasteiger partial charge < -0.3 is 14.2 Å². The van der Waals surface area contributed by atoms with Gasteiger partial charge in [-0.25, -0.2) is 0 Å². The van der Waals surface area contributed by atoms with Gasteiger partial charge in [0.1, 0.15) is 13.2 Å². The highest BCUT2D eigenvalue weighted by Gasteiger charge is 2.19. The van der Waals surface area contributed by atoms with E-state index in [-0.39, 0.29) is 31.1 Å². The van der Waals surface area contributed by atoms with Crippen LogP contribution < -0.4 is 0 Å². The molecular formula is C75H142O6. The summed E-state index contributed by atoms with van der Waals surface area (Å²) in [4.78, 5) is 38.0. The fourth-order valence-electron chi connectivity index (χ4n) is 11.4. The first-order valence-corrected chi connectivity index (χ1v) is 36.8. The molecule has 0 saturated carbocycles. The van der Waals surface area contributed by atoms with Crippen LogP contribution in [0.5, 0.6) is 0 Å². The summed E-state index contributed by atoms with van der Waals surface area (Å²) in [5.74, 6) is -0.850. The van der Waals surface area contributed by atoms with E-state index in [0.717, 1.165) is 64.2 Å².